The average molecular weight is 316 g/mol. The van der Waals surface area contributed by atoms with E-state index in [0.29, 0.717) is 18.1 Å². The molecule has 0 saturated carbocycles. The van der Waals surface area contributed by atoms with Crippen LogP contribution in [0.15, 0.2) is 29.4 Å². The van der Waals surface area contributed by atoms with Gasteiger partial charge in [-0.1, -0.05) is 30.0 Å². The van der Waals surface area contributed by atoms with E-state index in [0.717, 1.165) is 11.3 Å². The molecule has 0 fully saturated rings. The molecule has 0 radical (unpaired) electrons. The Morgan fingerprint density at radius 1 is 1.45 bits per heavy atom. The third-order valence-corrected chi connectivity index (χ3v) is 4.00. The van der Waals surface area contributed by atoms with Gasteiger partial charge in [0.2, 0.25) is 11.1 Å². The lowest BCUT2D eigenvalue weighted by Gasteiger charge is -2.14. The van der Waals surface area contributed by atoms with Crippen LogP contribution in [-0.4, -0.2) is 50.4 Å². The summed E-state index contributed by atoms with van der Waals surface area (Å²) in [6.45, 7) is 2.41. The molecule has 114 valence electrons. The minimum Gasteiger partial charge on any atom is -0.344 e. The number of hydrogen-bond donors (Lipinski definition) is 0. The smallest absolute Gasteiger partial charge is 0.232 e. The Morgan fingerprint density at radius 2 is 2.23 bits per heavy atom. The minimum absolute atomic E-state index is 0.0559. The molecule has 8 heteroatoms. The van der Waals surface area contributed by atoms with Crippen molar-refractivity contribution in [1.82, 2.24) is 25.1 Å². The van der Waals surface area contributed by atoms with Crippen molar-refractivity contribution in [3.05, 3.63) is 29.8 Å². The summed E-state index contributed by atoms with van der Waals surface area (Å²) in [4.78, 5) is 13.5. The molecule has 0 aliphatic heterocycles. The number of carbonyl (C=O) groups is 1. The SMILES string of the molecule is Cc1ccccc1-n1nnnc1SCC(=O)N(C)CCC#N. The molecule has 0 spiro atoms. The third-order valence-electron chi connectivity index (χ3n) is 3.09. The van der Waals surface area contributed by atoms with Gasteiger partial charge in [-0.25, -0.2) is 0 Å². The molecule has 1 aromatic carbocycles. The van der Waals surface area contributed by atoms with E-state index in [1.54, 1.807) is 11.7 Å². The van der Waals surface area contributed by atoms with Crippen molar-refractivity contribution in [3.63, 3.8) is 0 Å². The van der Waals surface area contributed by atoms with Crippen molar-refractivity contribution < 1.29 is 4.79 Å². The van der Waals surface area contributed by atoms with Gasteiger partial charge in [-0.15, -0.1) is 5.10 Å². The predicted molar refractivity (Wildman–Crippen MR) is 82.5 cm³/mol. The zero-order valence-electron chi connectivity index (χ0n) is 12.4. The van der Waals surface area contributed by atoms with Crippen molar-refractivity contribution in [2.24, 2.45) is 0 Å². The van der Waals surface area contributed by atoms with Crippen LogP contribution in [0.4, 0.5) is 0 Å². The number of para-hydroxylation sites is 1. The van der Waals surface area contributed by atoms with E-state index in [1.807, 2.05) is 37.3 Å². The molecule has 7 nitrogen and oxygen atoms in total. The zero-order chi connectivity index (χ0) is 15.9. The molecule has 0 atom stereocenters. The van der Waals surface area contributed by atoms with Crippen LogP contribution in [0.2, 0.25) is 0 Å². The molecular weight excluding hydrogens is 300 g/mol. The number of nitriles is 1. The van der Waals surface area contributed by atoms with Gasteiger partial charge in [0, 0.05) is 13.6 Å². The van der Waals surface area contributed by atoms with Crippen molar-refractivity contribution in [3.8, 4) is 11.8 Å². The topological polar surface area (TPSA) is 87.7 Å². The van der Waals surface area contributed by atoms with Crippen LogP contribution in [0.5, 0.6) is 0 Å². The number of aryl methyl sites for hydroxylation is 1. The normalized spacial score (nSPS) is 10.2. The molecule has 1 aromatic heterocycles. The van der Waals surface area contributed by atoms with E-state index in [2.05, 4.69) is 15.5 Å². The highest BCUT2D eigenvalue weighted by atomic mass is 32.2. The molecule has 0 saturated heterocycles. The second kappa shape index (κ2) is 7.56. The monoisotopic (exact) mass is 316 g/mol. The first kappa shape index (κ1) is 16.0. The van der Waals surface area contributed by atoms with E-state index in [9.17, 15) is 4.79 Å². The number of carbonyl (C=O) groups excluding carboxylic acids is 1. The molecule has 1 amide bonds. The summed E-state index contributed by atoms with van der Waals surface area (Å²) in [7, 11) is 1.69. The van der Waals surface area contributed by atoms with Crippen LogP contribution in [0, 0.1) is 18.3 Å². The van der Waals surface area contributed by atoms with E-state index >= 15 is 0 Å². The first-order valence-corrected chi connectivity index (χ1v) is 7.70. The number of nitrogens with zero attached hydrogens (tertiary/aromatic N) is 6. The fourth-order valence-corrected chi connectivity index (χ4v) is 2.62. The van der Waals surface area contributed by atoms with Crippen LogP contribution in [0.1, 0.15) is 12.0 Å². The number of benzene rings is 1. The summed E-state index contributed by atoms with van der Waals surface area (Å²) >= 11 is 1.28. The van der Waals surface area contributed by atoms with E-state index in [1.165, 1.54) is 16.7 Å². The van der Waals surface area contributed by atoms with E-state index in [-0.39, 0.29) is 11.7 Å². The van der Waals surface area contributed by atoms with Crippen molar-refractivity contribution in [1.29, 1.82) is 5.26 Å². The van der Waals surface area contributed by atoms with Crippen LogP contribution < -0.4 is 0 Å². The lowest BCUT2D eigenvalue weighted by molar-refractivity contribution is -0.127. The van der Waals surface area contributed by atoms with Gasteiger partial charge in [0.05, 0.1) is 23.9 Å². The standard InChI is InChI=1S/C14H16N6OS/c1-11-6-3-4-7-12(11)20-14(16-17-18-20)22-10-13(21)19(2)9-5-8-15/h3-4,6-7H,5,9-10H2,1-2H3. The summed E-state index contributed by atoms with van der Waals surface area (Å²) in [6.07, 6.45) is 0.327. The molecular formula is C14H16N6OS. The molecule has 0 N–H and O–H groups in total. The van der Waals surface area contributed by atoms with Gasteiger partial charge in [-0.05, 0) is 29.0 Å². The van der Waals surface area contributed by atoms with Gasteiger partial charge >= 0.3 is 0 Å². The van der Waals surface area contributed by atoms with Gasteiger partial charge in [-0.3, -0.25) is 4.79 Å². The highest BCUT2D eigenvalue weighted by molar-refractivity contribution is 7.99. The van der Waals surface area contributed by atoms with Crippen molar-refractivity contribution in [2.75, 3.05) is 19.3 Å². The maximum absolute atomic E-state index is 12.0. The number of amides is 1. The highest BCUT2D eigenvalue weighted by Crippen LogP contribution is 2.20. The first-order valence-electron chi connectivity index (χ1n) is 6.71. The number of rotatable bonds is 6. The molecule has 0 bridgehead atoms. The molecule has 2 rings (SSSR count). The van der Waals surface area contributed by atoms with E-state index < -0.39 is 0 Å². The zero-order valence-corrected chi connectivity index (χ0v) is 13.2. The Hall–Kier alpha value is -2.40. The predicted octanol–water partition coefficient (Wildman–Crippen LogP) is 1.43. The average Bonchev–Trinajstić information content (AvgIpc) is 2.99. The van der Waals surface area contributed by atoms with Gasteiger partial charge in [0.25, 0.3) is 0 Å². The number of tetrazole rings is 1. The minimum atomic E-state index is -0.0559. The molecule has 0 aliphatic carbocycles. The summed E-state index contributed by atoms with van der Waals surface area (Å²) in [5, 5.41) is 20.7. The Labute approximate surface area is 132 Å². The lowest BCUT2D eigenvalue weighted by atomic mass is 10.2. The summed E-state index contributed by atoms with van der Waals surface area (Å²) in [6, 6.07) is 9.79. The molecule has 0 aliphatic rings. The van der Waals surface area contributed by atoms with Crippen molar-refractivity contribution >= 4 is 17.7 Å². The van der Waals surface area contributed by atoms with E-state index in [4.69, 9.17) is 5.26 Å². The largest absolute Gasteiger partial charge is 0.344 e. The second-order valence-corrected chi connectivity index (χ2v) is 5.61. The second-order valence-electron chi connectivity index (χ2n) is 4.67. The highest BCUT2D eigenvalue weighted by Gasteiger charge is 2.14. The first-order chi connectivity index (χ1) is 10.6. The summed E-state index contributed by atoms with van der Waals surface area (Å²) in [5.74, 6) is 0.174. The molecule has 2 aromatic rings. The quantitative estimate of drug-likeness (QED) is 0.749. The Kier molecular flexibility index (Phi) is 5.49. The van der Waals surface area contributed by atoms with Crippen LogP contribution >= 0.6 is 11.8 Å². The number of aromatic nitrogens is 4. The fraction of sp³-hybridized carbons (Fsp3) is 0.357. The summed E-state index contributed by atoms with van der Waals surface area (Å²) in [5.41, 5.74) is 1.94. The molecule has 22 heavy (non-hydrogen) atoms. The van der Waals surface area contributed by atoms with Crippen LogP contribution in [0.25, 0.3) is 5.69 Å². The maximum Gasteiger partial charge on any atom is 0.232 e. The number of thioether (sulfide) groups is 1. The Bertz CT molecular complexity index is 693. The van der Waals surface area contributed by atoms with Gasteiger partial charge in [0.15, 0.2) is 0 Å². The van der Waals surface area contributed by atoms with Gasteiger partial charge < -0.3 is 4.90 Å². The Balaban J connectivity index is 2.04. The lowest BCUT2D eigenvalue weighted by Crippen LogP contribution is -2.29. The Morgan fingerprint density at radius 3 is 2.95 bits per heavy atom. The van der Waals surface area contributed by atoms with Gasteiger partial charge in [-0.2, -0.15) is 9.94 Å². The van der Waals surface area contributed by atoms with Crippen molar-refractivity contribution in [2.45, 2.75) is 18.5 Å². The fourth-order valence-electron chi connectivity index (χ4n) is 1.80. The summed E-state index contributed by atoms with van der Waals surface area (Å²) < 4.78 is 1.63. The number of hydrogen-bond acceptors (Lipinski definition) is 6. The van der Waals surface area contributed by atoms with Crippen LogP contribution in [-0.2, 0) is 4.79 Å². The van der Waals surface area contributed by atoms with Crippen LogP contribution in [0.3, 0.4) is 0 Å². The molecule has 1 heterocycles. The molecule has 0 unspecified atom stereocenters. The maximum atomic E-state index is 12.0. The van der Waals surface area contributed by atoms with Gasteiger partial charge in [0.1, 0.15) is 0 Å². The third kappa shape index (κ3) is 3.83.